The molecular formula is C21H27Cl4NO3. The highest BCUT2D eigenvalue weighted by Gasteiger charge is 2.13. The van der Waals surface area contributed by atoms with Gasteiger partial charge in [-0.25, -0.2) is 0 Å². The average Bonchev–Trinajstić information content (AvgIpc) is 2.64. The SMILES string of the molecule is COc1cc(CNCCCOC(C)C)cc(Cl)c1OCc1ccc(Cl)cc1Cl.Cl. The number of ether oxygens (including phenoxy) is 3. The first-order valence-corrected chi connectivity index (χ1v) is 10.3. The van der Waals surface area contributed by atoms with Gasteiger partial charge in [-0.3, -0.25) is 0 Å². The summed E-state index contributed by atoms with van der Waals surface area (Å²) in [7, 11) is 1.59. The fraction of sp³-hybridized carbons (Fsp3) is 0.429. The lowest BCUT2D eigenvalue weighted by Gasteiger charge is -2.15. The number of hydrogen-bond donors (Lipinski definition) is 1. The molecule has 29 heavy (non-hydrogen) atoms. The molecule has 0 saturated heterocycles. The summed E-state index contributed by atoms with van der Waals surface area (Å²) in [6.07, 6.45) is 1.21. The van der Waals surface area contributed by atoms with Crippen LogP contribution in [0, 0.1) is 0 Å². The monoisotopic (exact) mass is 481 g/mol. The molecule has 8 heteroatoms. The second-order valence-electron chi connectivity index (χ2n) is 6.58. The molecule has 4 nitrogen and oxygen atoms in total. The molecule has 0 atom stereocenters. The van der Waals surface area contributed by atoms with E-state index in [-0.39, 0.29) is 25.1 Å². The van der Waals surface area contributed by atoms with Crippen LogP contribution in [0.2, 0.25) is 15.1 Å². The molecule has 0 fully saturated rings. The van der Waals surface area contributed by atoms with Crippen molar-refractivity contribution in [3.63, 3.8) is 0 Å². The summed E-state index contributed by atoms with van der Waals surface area (Å²) in [4.78, 5) is 0. The number of benzene rings is 2. The molecule has 0 radical (unpaired) electrons. The van der Waals surface area contributed by atoms with Gasteiger partial charge >= 0.3 is 0 Å². The molecule has 1 N–H and O–H groups in total. The second kappa shape index (κ2) is 13.4. The van der Waals surface area contributed by atoms with Crippen LogP contribution in [0.25, 0.3) is 0 Å². The fourth-order valence-corrected chi connectivity index (χ4v) is 3.30. The average molecular weight is 483 g/mol. The summed E-state index contributed by atoms with van der Waals surface area (Å²) in [6.45, 7) is 6.62. The topological polar surface area (TPSA) is 39.7 Å². The van der Waals surface area contributed by atoms with Crippen LogP contribution in [0.3, 0.4) is 0 Å². The molecule has 0 aliphatic heterocycles. The van der Waals surface area contributed by atoms with Crippen molar-refractivity contribution in [3.8, 4) is 11.5 Å². The van der Waals surface area contributed by atoms with E-state index in [9.17, 15) is 0 Å². The van der Waals surface area contributed by atoms with Gasteiger partial charge < -0.3 is 19.5 Å². The van der Waals surface area contributed by atoms with Crippen LogP contribution in [-0.2, 0) is 17.9 Å². The van der Waals surface area contributed by atoms with Gasteiger partial charge in [0.15, 0.2) is 11.5 Å². The van der Waals surface area contributed by atoms with E-state index in [1.165, 1.54) is 0 Å². The van der Waals surface area contributed by atoms with E-state index in [4.69, 9.17) is 49.0 Å². The molecule has 162 valence electrons. The van der Waals surface area contributed by atoms with Crippen molar-refractivity contribution in [2.45, 2.75) is 39.5 Å². The normalized spacial score (nSPS) is 10.7. The van der Waals surface area contributed by atoms with Gasteiger partial charge in [-0.2, -0.15) is 0 Å². The number of hydrogen-bond acceptors (Lipinski definition) is 4. The van der Waals surface area contributed by atoms with Crippen molar-refractivity contribution in [1.82, 2.24) is 5.32 Å². The standard InChI is InChI=1S/C21H26Cl3NO3.ClH/c1-14(2)27-8-4-7-25-12-15-9-19(24)21(20(10-15)26-3)28-13-16-5-6-17(22)11-18(16)23;/h5-6,9-11,14,25H,4,7-8,12-13H2,1-3H3;1H. The molecule has 0 aromatic heterocycles. The highest BCUT2D eigenvalue weighted by molar-refractivity contribution is 6.35. The molecule has 0 heterocycles. The maximum absolute atomic E-state index is 6.44. The van der Waals surface area contributed by atoms with Gasteiger partial charge in [-0.05, 0) is 56.6 Å². The van der Waals surface area contributed by atoms with Crippen molar-refractivity contribution in [2.24, 2.45) is 0 Å². The first-order valence-electron chi connectivity index (χ1n) is 9.16. The first kappa shape index (κ1) is 26.2. The van der Waals surface area contributed by atoms with Gasteiger partial charge in [0, 0.05) is 28.8 Å². The highest BCUT2D eigenvalue weighted by atomic mass is 35.5. The third-order valence-electron chi connectivity index (χ3n) is 3.95. The van der Waals surface area contributed by atoms with Crippen LogP contribution in [0.5, 0.6) is 11.5 Å². The Hall–Kier alpha value is -0.880. The molecule has 0 saturated carbocycles. The van der Waals surface area contributed by atoms with Gasteiger partial charge in [-0.1, -0.05) is 40.9 Å². The van der Waals surface area contributed by atoms with E-state index in [0.29, 0.717) is 33.1 Å². The van der Waals surface area contributed by atoms with Crippen LogP contribution in [-0.4, -0.2) is 26.4 Å². The Kier molecular flexibility index (Phi) is 12.1. The Bertz CT molecular complexity index is 772. The smallest absolute Gasteiger partial charge is 0.180 e. The third-order valence-corrected chi connectivity index (χ3v) is 4.82. The van der Waals surface area contributed by atoms with Crippen molar-refractivity contribution < 1.29 is 14.2 Å². The van der Waals surface area contributed by atoms with E-state index in [1.54, 1.807) is 19.2 Å². The van der Waals surface area contributed by atoms with Crippen LogP contribution in [0.4, 0.5) is 0 Å². The molecule has 2 aromatic rings. The summed E-state index contributed by atoms with van der Waals surface area (Å²) >= 11 is 18.6. The van der Waals surface area contributed by atoms with Crippen LogP contribution < -0.4 is 14.8 Å². The molecule has 0 unspecified atom stereocenters. The minimum Gasteiger partial charge on any atom is -0.493 e. The minimum atomic E-state index is 0. The lowest BCUT2D eigenvalue weighted by atomic mass is 10.2. The number of halogens is 4. The maximum atomic E-state index is 6.44. The molecule has 0 amide bonds. The molecule has 0 bridgehead atoms. The quantitative estimate of drug-likeness (QED) is 0.368. The Labute approximate surface area is 194 Å². The highest BCUT2D eigenvalue weighted by Crippen LogP contribution is 2.37. The van der Waals surface area contributed by atoms with Crippen LogP contribution >= 0.6 is 47.2 Å². The summed E-state index contributed by atoms with van der Waals surface area (Å²) in [6, 6.07) is 9.07. The first-order chi connectivity index (χ1) is 13.4. The van der Waals surface area contributed by atoms with Gasteiger partial charge in [0.1, 0.15) is 6.61 Å². The van der Waals surface area contributed by atoms with Gasteiger partial charge in [-0.15, -0.1) is 12.4 Å². The van der Waals surface area contributed by atoms with Gasteiger partial charge in [0.05, 0.1) is 18.2 Å². The fourth-order valence-electron chi connectivity index (χ4n) is 2.55. The van der Waals surface area contributed by atoms with E-state index >= 15 is 0 Å². The predicted molar refractivity (Wildman–Crippen MR) is 123 cm³/mol. The Balaban J connectivity index is 0.00000420. The van der Waals surface area contributed by atoms with Gasteiger partial charge in [0.25, 0.3) is 0 Å². The van der Waals surface area contributed by atoms with Crippen molar-refractivity contribution >= 4 is 47.2 Å². The molecular weight excluding hydrogens is 456 g/mol. The molecule has 2 rings (SSSR count). The second-order valence-corrected chi connectivity index (χ2v) is 7.83. The number of rotatable bonds is 11. The Morgan fingerprint density at radius 1 is 1.03 bits per heavy atom. The molecule has 0 spiro atoms. The van der Waals surface area contributed by atoms with E-state index in [0.717, 1.165) is 30.7 Å². The lowest BCUT2D eigenvalue weighted by molar-refractivity contribution is 0.0770. The molecule has 0 aliphatic carbocycles. The zero-order valence-corrected chi connectivity index (χ0v) is 19.9. The van der Waals surface area contributed by atoms with Gasteiger partial charge in [0.2, 0.25) is 0 Å². The zero-order valence-electron chi connectivity index (χ0n) is 16.8. The molecule has 2 aromatic carbocycles. The summed E-state index contributed by atoms with van der Waals surface area (Å²) in [5, 5.41) is 5.00. The Morgan fingerprint density at radius 2 is 1.79 bits per heavy atom. The van der Waals surface area contributed by atoms with Crippen molar-refractivity contribution in [1.29, 1.82) is 0 Å². The third kappa shape index (κ3) is 8.79. The van der Waals surface area contributed by atoms with Crippen molar-refractivity contribution in [3.05, 3.63) is 56.5 Å². The van der Waals surface area contributed by atoms with E-state index in [2.05, 4.69) is 5.32 Å². The molecule has 0 aliphatic rings. The summed E-state index contributed by atoms with van der Waals surface area (Å²) in [5.74, 6) is 1.07. The van der Waals surface area contributed by atoms with Crippen molar-refractivity contribution in [2.75, 3.05) is 20.3 Å². The zero-order chi connectivity index (χ0) is 20.5. The Morgan fingerprint density at radius 3 is 2.45 bits per heavy atom. The maximum Gasteiger partial charge on any atom is 0.180 e. The van der Waals surface area contributed by atoms with Crippen LogP contribution in [0.1, 0.15) is 31.4 Å². The summed E-state index contributed by atoms with van der Waals surface area (Å²) in [5.41, 5.74) is 1.84. The van der Waals surface area contributed by atoms with Crippen LogP contribution in [0.15, 0.2) is 30.3 Å². The number of nitrogens with one attached hydrogen (secondary N) is 1. The minimum absolute atomic E-state index is 0. The lowest BCUT2D eigenvalue weighted by Crippen LogP contribution is -2.17. The number of methoxy groups -OCH3 is 1. The van der Waals surface area contributed by atoms with E-state index < -0.39 is 0 Å². The predicted octanol–water partition coefficient (Wildman–Crippen LogP) is 6.56. The van der Waals surface area contributed by atoms with E-state index in [1.807, 2.05) is 32.0 Å². The largest absolute Gasteiger partial charge is 0.493 e. The summed E-state index contributed by atoms with van der Waals surface area (Å²) < 4.78 is 16.9.